The molecule has 0 saturated carbocycles. The Bertz CT molecular complexity index is 1130. The molecule has 0 aromatic heterocycles. The maximum atomic E-state index is 13.9. The van der Waals surface area contributed by atoms with E-state index in [1.54, 1.807) is 30.3 Å². The van der Waals surface area contributed by atoms with Crippen LogP contribution in [0.4, 0.5) is 10.1 Å². The van der Waals surface area contributed by atoms with Crippen molar-refractivity contribution in [3.8, 4) is 11.5 Å². The van der Waals surface area contributed by atoms with Crippen LogP contribution in [-0.2, 0) is 11.4 Å². The third kappa shape index (κ3) is 5.98. The average molecular weight is 498 g/mol. The standard InChI is InChI=1S/C26H25BrFNO3/c1-17(2)20-9-5-7-11-23(20)29-25(30)13-12-18-14-21(27)26(24(15-18)31-3)32-16-19-8-4-6-10-22(19)28/h4-15,17H,16H2,1-3H3,(H,29,30)/b13-12+. The predicted molar refractivity (Wildman–Crippen MR) is 130 cm³/mol. The van der Waals surface area contributed by atoms with Gasteiger partial charge in [0.1, 0.15) is 12.4 Å². The molecular formula is C26H25BrFNO3. The molecule has 4 nitrogen and oxygen atoms in total. The van der Waals surface area contributed by atoms with Crippen LogP contribution in [0.1, 0.15) is 36.5 Å². The number of para-hydroxylation sites is 1. The highest BCUT2D eigenvalue weighted by atomic mass is 79.9. The Kier molecular flexibility index (Phi) is 8.06. The number of rotatable bonds is 8. The number of hydrogen-bond acceptors (Lipinski definition) is 3. The molecule has 32 heavy (non-hydrogen) atoms. The quantitative estimate of drug-likeness (QED) is 0.342. The first-order valence-corrected chi connectivity index (χ1v) is 11.0. The molecule has 0 unspecified atom stereocenters. The van der Waals surface area contributed by atoms with Crippen molar-refractivity contribution in [1.82, 2.24) is 0 Å². The molecule has 0 aliphatic carbocycles. The zero-order valence-corrected chi connectivity index (χ0v) is 19.8. The van der Waals surface area contributed by atoms with Crippen LogP contribution in [0.25, 0.3) is 6.08 Å². The number of carbonyl (C=O) groups excluding carboxylic acids is 1. The van der Waals surface area contributed by atoms with E-state index in [0.717, 1.165) is 16.8 Å². The van der Waals surface area contributed by atoms with Crippen LogP contribution < -0.4 is 14.8 Å². The first-order chi connectivity index (χ1) is 15.4. The fraction of sp³-hybridized carbons (Fsp3) is 0.192. The van der Waals surface area contributed by atoms with Gasteiger partial charge < -0.3 is 14.8 Å². The van der Waals surface area contributed by atoms with Gasteiger partial charge in [-0.1, -0.05) is 50.2 Å². The maximum Gasteiger partial charge on any atom is 0.248 e. The lowest BCUT2D eigenvalue weighted by Crippen LogP contribution is -2.10. The number of methoxy groups -OCH3 is 1. The van der Waals surface area contributed by atoms with Crippen molar-refractivity contribution in [3.05, 3.63) is 93.7 Å². The molecule has 1 N–H and O–H groups in total. The van der Waals surface area contributed by atoms with Crippen LogP contribution in [0.5, 0.6) is 11.5 Å². The highest BCUT2D eigenvalue weighted by Gasteiger charge is 2.13. The minimum atomic E-state index is -0.327. The molecule has 0 spiro atoms. The molecule has 1 amide bonds. The van der Waals surface area contributed by atoms with Crippen LogP contribution in [0.2, 0.25) is 0 Å². The van der Waals surface area contributed by atoms with Crippen LogP contribution in [-0.4, -0.2) is 13.0 Å². The summed E-state index contributed by atoms with van der Waals surface area (Å²) in [6.07, 6.45) is 3.17. The summed E-state index contributed by atoms with van der Waals surface area (Å²) in [7, 11) is 1.53. The predicted octanol–water partition coefficient (Wildman–Crippen LogP) is 6.95. The van der Waals surface area contributed by atoms with Crippen molar-refractivity contribution in [2.75, 3.05) is 12.4 Å². The van der Waals surface area contributed by atoms with E-state index in [4.69, 9.17) is 9.47 Å². The smallest absolute Gasteiger partial charge is 0.248 e. The first-order valence-electron chi connectivity index (χ1n) is 10.2. The summed E-state index contributed by atoms with van der Waals surface area (Å²) in [5, 5.41) is 2.93. The van der Waals surface area contributed by atoms with Gasteiger partial charge >= 0.3 is 0 Å². The Morgan fingerprint density at radius 1 is 1.12 bits per heavy atom. The zero-order chi connectivity index (χ0) is 23.1. The Morgan fingerprint density at radius 3 is 2.56 bits per heavy atom. The average Bonchev–Trinajstić information content (AvgIpc) is 2.77. The normalized spacial score (nSPS) is 11.1. The van der Waals surface area contributed by atoms with Crippen molar-refractivity contribution in [2.24, 2.45) is 0 Å². The molecule has 0 radical (unpaired) electrons. The number of ether oxygens (including phenoxy) is 2. The van der Waals surface area contributed by atoms with Crippen LogP contribution >= 0.6 is 15.9 Å². The van der Waals surface area contributed by atoms with Gasteiger partial charge in [0.05, 0.1) is 11.6 Å². The fourth-order valence-electron chi connectivity index (χ4n) is 3.20. The SMILES string of the molecule is COc1cc(/C=C/C(=O)Nc2ccccc2C(C)C)cc(Br)c1OCc1ccccc1F. The molecule has 0 aliphatic heterocycles. The Hall–Kier alpha value is -3.12. The van der Waals surface area contributed by atoms with Gasteiger partial charge in [0.25, 0.3) is 0 Å². The highest BCUT2D eigenvalue weighted by Crippen LogP contribution is 2.37. The Morgan fingerprint density at radius 2 is 1.84 bits per heavy atom. The lowest BCUT2D eigenvalue weighted by Gasteiger charge is -2.14. The number of amides is 1. The number of anilines is 1. The monoisotopic (exact) mass is 497 g/mol. The summed E-state index contributed by atoms with van der Waals surface area (Å²) in [5.41, 5.74) is 3.07. The molecular weight excluding hydrogens is 473 g/mol. The lowest BCUT2D eigenvalue weighted by molar-refractivity contribution is -0.111. The molecule has 3 rings (SSSR count). The largest absolute Gasteiger partial charge is 0.493 e. The Balaban J connectivity index is 1.73. The fourth-order valence-corrected chi connectivity index (χ4v) is 3.78. The number of halogens is 2. The highest BCUT2D eigenvalue weighted by molar-refractivity contribution is 9.10. The minimum absolute atomic E-state index is 0.0640. The van der Waals surface area contributed by atoms with E-state index < -0.39 is 0 Å². The van der Waals surface area contributed by atoms with Gasteiger partial charge in [0, 0.05) is 17.3 Å². The second kappa shape index (κ2) is 11.0. The molecule has 0 heterocycles. The first kappa shape index (κ1) is 23.5. The molecule has 0 atom stereocenters. The summed E-state index contributed by atoms with van der Waals surface area (Å²) in [6, 6.07) is 17.8. The second-order valence-electron chi connectivity index (χ2n) is 7.48. The molecule has 3 aromatic rings. The van der Waals surface area contributed by atoms with E-state index >= 15 is 0 Å². The number of hydrogen-bond donors (Lipinski definition) is 1. The summed E-state index contributed by atoms with van der Waals surface area (Å²) in [4.78, 5) is 12.5. The van der Waals surface area contributed by atoms with E-state index in [2.05, 4.69) is 35.1 Å². The number of carbonyl (C=O) groups is 1. The van der Waals surface area contributed by atoms with E-state index in [1.165, 1.54) is 19.3 Å². The minimum Gasteiger partial charge on any atom is -0.493 e. The maximum absolute atomic E-state index is 13.9. The van der Waals surface area contributed by atoms with Gasteiger partial charge in [0.15, 0.2) is 11.5 Å². The van der Waals surface area contributed by atoms with Gasteiger partial charge in [-0.2, -0.15) is 0 Å². The molecule has 3 aromatic carbocycles. The van der Waals surface area contributed by atoms with Crippen molar-refractivity contribution >= 4 is 33.6 Å². The van der Waals surface area contributed by atoms with Crippen LogP contribution in [0.15, 0.2) is 71.2 Å². The summed E-state index contributed by atoms with van der Waals surface area (Å²) >= 11 is 3.48. The Labute approximate surface area is 196 Å². The molecule has 0 aliphatic rings. The van der Waals surface area contributed by atoms with Gasteiger partial charge in [-0.15, -0.1) is 0 Å². The van der Waals surface area contributed by atoms with E-state index in [-0.39, 0.29) is 18.3 Å². The molecule has 0 saturated heterocycles. The second-order valence-corrected chi connectivity index (χ2v) is 8.33. The summed E-state index contributed by atoms with van der Waals surface area (Å²) in [5.74, 6) is 0.678. The third-order valence-corrected chi connectivity index (χ3v) is 5.44. The van der Waals surface area contributed by atoms with Crippen molar-refractivity contribution in [3.63, 3.8) is 0 Å². The van der Waals surface area contributed by atoms with E-state index in [9.17, 15) is 9.18 Å². The van der Waals surface area contributed by atoms with Gasteiger partial charge in [-0.05, 0) is 63.3 Å². The van der Waals surface area contributed by atoms with E-state index in [0.29, 0.717) is 27.5 Å². The van der Waals surface area contributed by atoms with Crippen LogP contribution in [0.3, 0.4) is 0 Å². The van der Waals surface area contributed by atoms with E-state index in [1.807, 2.05) is 30.3 Å². The van der Waals surface area contributed by atoms with Crippen molar-refractivity contribution in [1.29, 1.82) is 0 Å². The van der Waals surface area contributed by atoms with Gasteiger partial charge in [0.2, 0.25) is 5.91 Å². The third-order valence-electron chi connectivity index (χ3n) is 4.85. The van der Waals surface area contributed by atoms with Crippen LogP contribution in [0, 0.1) is 5.82 Å². The van der Waals surface area contributed by atoms with Gasteiger partial charge in [-0.25, -0.2) is 4.39 Å². The molecule has 0 bridgehead atoms. The molecule has 0 fully saturated rings. The lowest BCUT2D eigenvalue weighted by atomic mass is 10.0. The van der Waals surface area contributed by atoms with Crippen molar-refractivity contribution in [2.45, 2.75) is 26.4 Å². The number of benzene rings is 3. The molecule has 166 valence electrons. The number of nitrogens with one attached hydrogen (secondary N) is 1. The van der Waals surface area contributed by atoms with Crippen molar-refractivity contribution < 1.29 is 18.7 Å². The molecule has 6 heteroatoms. The zero-order valence-electron chi connectivity index (χ0n) is 18.2. The summed E-state index contributed by atoms with van der Waals surface area (Å²) < 4.78 is 25.8. The van der Waals surface area contributed by atoms with Gasteiger partial charge in [-0.3, -0.25) is 4.79 Å². The summed E-state index contributed by atoms with van der Waals surface area (Å²) in [6.45, 7) is 4.23. The topological polar surface area (TPSA) is 47.6 Å².